The Morgan fingerprint density at radius 2 is 1.95 bits per heavy atom. The Morgan fingerprint density at radius 3 is 2.57 bits per heavy atom. The summed E-state index contributed by atoms with van der Waals surface area (Å²) in [7, 11) is 0. The van der Waals surface area contributed by atoms with E-state index in [2.05, 4.69) is 17.4 Å². The molecule has 0 unspecified atom stereocenters. The molecule has 1 rings (SSSR count). The molecule has 0 aromatic heterocycles. The van der Waals surface area contributed by atoms with Gasteiger partial charge in [0.1, 0.15) is 5.41 Å². The van der Waals surface area contributed by atoms with Gasteiger partial charge in [-0.1, -0.05) is 37.8 Å². The Hall–Kier alpha value is -1.30. The van der Waals surface area contributed by atoms with Crippen LogP contribution < -0.4 is 11.1 Å². The summed E-state index contributed by atoms with van der Waals surface area (Å²) in [6.07, 6.45) is 7.25. The van der Waals surface area contributed by atoms with Crippen molar-refractivity contribution in [2.75, 3.05) is 19.8 Å². The van der Waals surface area contributed by atoms with E-state index in [-0.39, 0.29) is 11.7 Å². The number of nitrogens with one attached hydrogen (secondary N) is 1. The molecule has 1 aliphatic carbocycles. The van der Waals surface area contributed by atoms with Crippen molar-refractivity contribution in [1.82, 2.24) is 5.32 Å². The van der Waals surface area contributed by atoms with Crippen molar-refractivity contribution in [3.8, 4) is 0 Å². The normalized spacial score (nSPS) is 18.4. The number of amides is 1. The molecule has 1 amide bonds. The number of hydrogen-bond donors (Lipinski definition) is 3. The number of unbranched alkanes of at least 4 members (excludes halogenated alkanes) is 1. The van der Waals surface area contributed by atoms with Gasteiger partial charge in [-0.15, -0.1) is 0 Å². The Bertz CT molecular complexity index is 339. The van der Waals surface area contributed by atoms with Crippen molar-refractivity contribution < 1.29 is 14.7 Å². The van der Waals surface area contributed by atoms with Gasteiger partial charge >= 0.3 is 0 Å². The summed E-state index contributed by atoms with van der Waals surface area (Å²) >= 11 is 0. The van der Waals surface area contributed by atoms with E-state index in [4.69, 9.17) is 15.7 Å². The highest BCUT2D eigenvalue weighted by molar-refractivity contribution is 6.06. The van der Waals surface area contributed by atoms with E-state index >= 15 is 0 Å². The Morgan fingerprint density at radius 1 is 1.29 bits per heavy atom. The fraction of sp³-hybridized carbons (Fsp3) is 0.867. The van der Waals surface area contributed by atoms with Crippen LogP contribution in [0.15, 0.2) is 5.16 Å². The lowest BCUT2D eigenvalue weighted by molar-refractivity contribution is -0.129. The number of carbonyl (C=O) groups is 1. The van der Waals surface area contributed by atoms with E-state index in [1.165, 1.54) is 0 Å². The Labute approximate surface area is 127 Å². The molecule has 0 spiro atoms. The highest BCUT2D eigenvalue weighted by Crippen LogP contribution is 2.36. The first-order valence-electron chi connectivity index (χ1n) is 8.01. The second-order valence-electron chi connectivity index (χ2n) is 5.70. The minimum atomic E-state index is -0.823. The number of hydrogen-bond acceptors (Lipinski definition) is 4. The van der Waals surface area contributed by atoms with Crippen molar-refractivity contribution in [2.45, 2.75) is 58.3 Å². The topological polar surface area (TPSA) is 96.9 Å². The van der Waals surface area contributed by atoms with Gasteiger partial charge in [0.2, 0.25) is 5.91 Å². The molecule has 4 N–H and O–H groups in total. The number of nitrogens with zero attached hydrogens (tertiary/aromatic N) is 1. The average Bonchev–Trinajstić information content (AvgIpc) is 2.53. The van der Waals surface area contributed by atoms with Crippen LogP contribution in [0.1, 0.15) is 58.3 Å². The first-order valence-corrected chi connectivity index (χ1v) is 8.01. The summed E-state index contributed by atoms with van der Waals surface area (Å²) in [6.45, 7) is 4.11. The summed E-state index contributed by atoms with van der Waals surface area (Å²) < 4.78 is 5.46. The fourth-order valence-electron chi connectivity index (χ4n) is 2.74. The van der Waals surface area contributed by atoms with Crippen LogP contribution >= 0.6 is 0 Å². The van der Waals surface area contributed by atoms with Crippen LogP contribution in [0.3, 0.4) is 0 Å². The molecule has 0 bridgehead atoms. The molecule has 0 aliphatic heterocycles. The fourth-order valence-corrected chi connectivity index (χ4v) is 2.74. The molecule has 6 heteroatoms. The second kappa shape index (κ2) is 9.60. The van der Waals surface area contributed by atoms with E-state index in [0.717, 1.165) is 45.1 Å². The summed E-state index contributed by atoms with van der Waals surface area (Å²) in [6, 6.07) is 0. The van der Waals surface area contributed by atoms with E-state index in [1.54, 1.807) is 0 Å². The van der Waals surface area contributed by atoms with E-state index in [0.29, 0.717) is 26.0 Å². The third-order valence-electron chi connectivity index (χ3n) is 4.13. The molecule has 1 fully saturated rings. The van der Waals surface area contributed by atoms with Gasteiger partial charge in [0.05, 0.1) is 0 Å². The molecule has 122 valence electrons. The van der Waals surface area contributed by atoms with Gasteiger partial charge in [-0.2, -0.15) is 0 Å². The largest absolute Gasteiger partial charge is 0.409 e. The zero-order valence-electron chi connectivity index (χ0n) is 13.1. The molecule has 0 saturated heterocycles. The van der Waals surface area contributed by atoms with E-state index in [9.17, 15) is 4.79 Å². The number of nitrogens with two attached hydrogens (primary N) is 1. The maximum Gasteiger partial charge on any atom is 0.233 e. The first kappa shape index (κ1) is 17.8. The third kappa shape index (κ3) is 5.19. The molecule has 0 aromatic rings. The van der Waals surface area contributed by atoms with Gasteiger partial charge in [0.25, 0.3) is 0 Å². The Kier molecular flexibility index (Phi) is 8.12. The smallest absolute Gasteiger partial charge is 0.233 e. The minimum absolute atomic E-state index is 0.0406. The van der Waals surface area contributed by atoms with Gasteiger partial charge in [-0.3, -0.25) is 4.79 Å². The lowest BCUT2D eigenvalue weighted by Gasteiger charge is -2.34. The van der Waals surface area contributed by atoms with Crippen LogP contribution in [0.5, 0.6) is 0 Å². The number of rotatable bonds is 9. The molecule has 21 heavy (non-hydrogen) atoms. The first-order chi connectivity index (χ1) is 10.2. The molecule has 1 saturated carbocycles. The van der Waals surface area contributed by atoms with Crippen LogP contribution in [0.25, 0.3) is 0 Å². The highest BCUT2D eigenvalue weighted by atomic mass is 16.5. The van der Waals surface area contributed by atoms with Crippen molar-refractivity contribution in [3.05, 3.63) is 0 Å². The number of oxime groups is 1. The lowest BCUT2D eigenvalue weighted by Crippen LogP contribution is -2.51. The molecule has 0 aromatic carbocycles. The van der Waals surface area contributed by atoms with Crippen molar-refractivity contribution in [3.63, 3.8) is 0 Å². The summed E-state index contributed by atoms with van der Waals surface area (Å²) in [4.78, 5) is 12.4. The van der Waals surface area contributed by atoms with Crippen LogP contribution in [0.4, 0.5) is 0 Å². The van der Waals surface area contributed by atoms with Crippen LogP contribution in [0.2, 0.25) is 0 Å². The minimum Gasteiger partial charge on any atom is -0.409 e. The lowest BCUT2D eigenvalue weighted by atomic mass is 9.72. The van der Waals surface area contributed by atoms with Crippen LogP contribution in [-0.2, 0) is 9.53 Å². The maximum atomic E-state index is 12.4. The number of ether oxygens (including phenoxy) is 1. The van der Waals surface area contributed by atoms with Crippen molar-refractivity contribution in [2.24, 2.45) is 16.3 Å². The molecule has 1 aliphatic rings. The standard InChI is InChI=1S/C15H29N3O3/c1-2-3-11-21-12-7-10-17-14(19)15(13(16)18-20)8-5-4-6-9-15/h20H,2-12H2,1H3,(H2,16,18)(H,17,19). The molecular formula is C15H29N3O3. The summed E-state index contributed by atoms with van der Waals surface area (Å²) in [5, 5.41) is 15.0. The number of carbonyl (C=O) groups excluding carboxylic acids is 1. The van der Waals surface area contributed by atoms with Crippen LogP contribution in [-0.4, -0.2) is 36.7 Å². The van der Waals surface area contributed by atoms with Crippen molar-refractivity contribution >= 4 is 11.7 Å². The number of amidine groups is 1. The van der Waals surface area contributed by atoms with Gasteiger partial charge in [0, 0.05) is 19.8 Å². The second-order valence-corrected chi connectivity index (χ2v) is 5.70. The summed E-state index contributed by atoms with van der Waals surface area (Å²) in [5.74, 6) is -0.0787. The average molecular weight is 299 g/mol. The Balaban J connectivity index is 2.37. The van der Waals surface area contributed by atoms with Gasteiger partial charge in [-0.25, -0.2) is 0 Å². The van der Waals surface area contributed by atoms with Gasteiger partial charge < -0.3 is 21.0 Å². The van der Waals surface area contributed by atoms with E-state index in [1.807, 2.05) is 0 Å². The third-order valence-corrected chi connectivity index (χ3v) is 4.13. The van der Waals surface area contributed by atoms with Gasteiger partial charge in [0.15, 0.2) is 5.84 Å². The quantitative estimate of drug-likeness (QED) is 0.199. The summed E-state index contributed by atoms with van der Waals surface area (Å²) in [5.41, 5.74) is 4.96. The predicted molar refractivity (Wildman–Crippen MR) is 82.3 cm³/mol. The highest BCUT2D eigenvalue weighted by Gasteiger charge is 2.43. The molecule has 0 heterocycles. The zero-order valence-corrected chi connectivity index (χ0v) is 13.1. The molecule has 0 atom stereocenters. The molecular weight excluding hydrogens is 270 g/mol. The predicted octanol–water partition coefficient (Wildman–Crippen LogP) is 2.01. The van der Waals surface area contributed by atoms with Gasteiger partial charge in [-0.05, 0) is 25.7 Å². The monoisotopic (exact) mass is 299 g/mol. The zero-order chi connectivity index (χ0) is 15.6. The van der Waals surface area contributed by atoms with Crippen molar-refractivity contribution in [1.29, 1.82) is 0 Å². The van der Waals surface area contributed by atoms with E-state index < -0.39 is 5.41 Å². The SMILES string of the molecule is CCCCOCCCNC(=O)C1(C(N)=NO)CCCCC1. The molecule has 0 radical (unpaired) electrons. The maximum absolute atomic E-state index is 12.4. The molecule has 6 nitrogen and oxygen atoms in total. The van der Waals surface area contributed by atoms with Crippen LogP contribution in [0, 0.1) is 5.41 Å².